The van der Waals surface area contributed by atoms with Gasteiger partial charge in [-0.2, -0.15) is 0 Å². The van der Waals surface area contributed by atoms with Gasteiger partial charge in [-0.25, -0.2) is 8.42 Å². The van der Waals surface area contributed by atoms with Crippen molar-refractivity contribution in [3.63, 3.8) is 0 Å². The van der Waals surface area contributed by atoms with E-state index in [1.54, 1.807) is 19.1 Å². The maximum Gasteiger partial charge on any atom is 0.192 e. The van der Waals surface area contributed by atoms with Crippen LogP contribution in [0, 0.1) is 6.92 Å². The highest BCUT2D eigenvalue weighted by Gasteiger charge is 2.13. The molecule has 3 nitrogen and oxygen atoms in total. The average Bonchev–Trinajstić information content (AvgIpc) is 2.17. The molecule has 0 amide bonds. The zero-order chi connectivity index (χ0) is 10.8. The number of benzene rings is 1. The van der Waals surface area contributed by atoms with Crippen LogP contribution in [0.2, 0.25) is 0 Å². The highest BCUT2D eigenvalue weighted by Crippen LogP contribution is 2.22. The number of ether oxygens (including phenoxy) is 1. The van der Waals surface area contributed by atoms with Crippen molar-refractivity contribution in [2.24, 2.45) is 0 Å². The Hall–Kier alpha value is -0.740. The fourth-order valence-corrected chi connectivity index (χ4v) is 2.24. The molecule has 0 atom stereocenters. The molecule has 0 saturated heterocycles. The molecule has 0 saturated carbocycles. The lowest BCUT2D eigenvalue weighted by Crippen LogP contribution is -2.02. The van der Waals surface area contributed by atoms with Gasteiger partial charge in [-0.05, 0) is 30.7 Å². The van der Waals surface area contributed by atoms with Crippen molar-refractivity contribution in [1.29, 1.82) is 0 Å². The number of hydrogen-bond donors (Lipinski definition) is 0. The molecule has 0 radical (unpaired) electrons. The van der Waals surface area contributed by atoms with Gasteiger partial charge in [0.15, 0.2) is 9.84 Å². The first-order valence-electron chi connectivity index (χ1n) is 3.94. The Balaban J connectivity index is 3.22. The number of hydrogen-bond acceptors (Lipinski definition) is 3. The molecule has 0 bridgehead atoms. The van der Waals surface area contributed by atoms with Crippen molar-refractivity contribution >= 4 is 21.4 Å². The van der Waals surface area contributed by atoms with Gasteiger partial charge in [0.2, 0.25) is 0 Å². The lowest BCUT2D eigenvalue weighted by molar-refractivity contribution is 0.411. The third kappa shape index (κ3) is 2.19. The molecule has 0 aliphatic carbocycles. The Labute approximate surface area is 88.6 Å². The van der Waals surface area contributed by atoms with E-state index in [1.807, 2.05) is 0 Å². The maximum atomic E-state index is 11.4. The summed E-state index contributed by atoms with van der Waals surface area (Å²) in [7, 11) is -1.80. The fraction of sp³-hybridized carbons (Fsp3) is 0.333. The summed E-state index contributed by atoms with van der Waals surface area (Å²) in [5, 5.41) is -0.404. The van der Waals surface area contributed by atoms with Crippen LogP contribution in [0.3, 0.4) is 0 Å². The van der Waals surface area contributed by atoms with E-state index in [9.17, 15) is 8.42 Å². The largest absolute Gasteiger partial charge is 0.496 e. The molecule has 1 rings (SSSR count). The monoisotopic (exact) mass is 234 g/mol. The van der Waals surface area contributed by atoms with Crippen molar-refractivity contribution in [2.75, 3.05) is 12.3 Å². The third-order valence-electron chi connectivity index (χ3n) is 1.87. The van der Waals surface area contributed by atoms with E-state index in [1.165, 1.54) is 13.2 Å². The molecule has 0 N–H and O–H groups in total. The minimum Gasteiger partial charge on any atom is -0.496 e. The highest BCUT2D eigenvalue weighted by molar-refractivity contribution is 7.92. The van der Waals surface area contributed by atoms with Gasteiger partial charge in [-0.15, -0.1) is 11.6 Å². The summed E-state index contributed by atoms with van der Waals surface area (Å²) in [6.07, 6.45) is 0. The minimum absolute atomic E-state index is 0.228. The predicted molar refractivity (Wildman–Crippen MR) is 55.6 cm³/mol. The number of aryl methyl sites for hydroxylation is 1. The number of sulfone groups is 1. The number of halogens is 1. The summed E-state index contributed by atoms with van der Waals surface area (Å²) in [5.74, 6) is 0.665. The van der Waals surface area contributed by atoms with E-state index in [4.69, 9.17) is 16.3 Å². The van der Waals surface area contributed by atoms with Crippen molar-refractivity contribution in [3.05, 3.63) is 23.8 Å². The maximum absolute atomic E-state index is 11.4. The van der Waals surface area contributed by atoms with E-state index < -0.39 is 15.0 Å². The van der Waals surface area contributed by atoms with Crippen LogP contribution in [0.4, 0.5) is 0 Å². The molecule has 0 fully saturated rings. The van der Waals surface area contributed by atoms with Crippen LogP contribution in [0.5, 0.6) is 5.75 Å². The van der Waals surface area contributed by atoms with Crippen LogP contribution < -0.4 is 4.74 Å². The van der Waals surface area contributed by atoms with Gasteiger partial charge >= 0.3 is 0 Å². The second-order valence-corrected chi connectivity index (χ2v) is 5.43. The summed E-state index contributed by atoms with van der Waals surface area (Å²) >= 11 is 5.33. The van der Waals surface area contributed by atoms with Crippen molar-refractivity contribution in [3.8, 4) is 5.75 Å². The van der Waals surface area contributed by atoms with Crippen molar-refractivity contribution < 1.29 is 13.2 Å². The zero-order valence-corrected chi connectivity index (χ0v) is 9.52. The molecule has 0 aliphatic heterocycles. The molecule has 0 spiro atoms. The van der Waals surface area contributed by atoms with Crippen LogP contribution >= 0.6 is 11.6 Å². The van der Waals surface area contributed by atoms with Crippen molar-refractivity contribution in [1.82, 2.24) is 0 Å². The molecule has 0 unspecified atom stereocenters. The molecule has 1 aromatic carbocycles. The molecule has 0 heterocycles. The van der Waals surface area contributed by atoms with Crippen LogP contribution in [-0.4, -0.2) is 20.7 Å². The van der Waals surface area contributed by atoms with E-state index >= 15 is 0 Å². The van der Waals surface area contributed by atoms with Gasteiger partial charge in [0.1, 0.15) is 11.0 Å². The quantitative estimate of drug-likeness (QED) is 0.751. The second-order valence-electron chi connectivity index (χ2n) is 2.86. The molecule has 14 heavy (non-hydrogen) atoms. The Morgan fingerprint density at radius 1 is 1.43 bits per heavy atom. The van der Waals surface area contributed by atoms with E-state index in [0.717, 1.165) is 5.56 Å². The molecular formula is C9H11ClO3S. The number of alkyl halides is 1. The lowest BCUT2D eigenvalue weighted by atomic mass is 10.2. The predicted octanol–water partition coefficient (Wildman–Crippen LogP) is 1.97. The van der Waals surface area contributed by atoms with E-state index in [2.05, 4.69) is 0 Å². The Kier molecular flexibility index (Phi) is 3.39. The van der Waals surface area contributed by atoms with E-state index in [0.29, 0.717) is 5.75 Å². The summed E-state index contributed by atoms with van der Waals surface area (Å²) in [4.78, 5) is 0.228. The summed E-state index contributed by atoms with van der Waals surface area (Å²) in [6.45, 7) is 1.78. The molecule has 1 aromatic rings. The topological polar surface area (TPSA) is 43.4 Å². The summed E-state index contributed by atoms with van der Waals surface area (Å²) < 4.78 is 27.8. The SMILES string of the molecule is COc1ccc(S(=O)(=O)CCl)cc1C. The van der Waals surface area contributed by atoms with Gasteiger partial charge in [-0.3, -0.25) is 0 Å². The number of methoxy groups -OCH3 is 1. The standard InChI is InChI=1S/C9H11ClO3S/c1-7-5-8(14(11,12)6-10)3-4-9(7)13-2/h3-5H,6H2,1-2H3. The second kappa shape index (κ2) is 4.19. The molecule has 78 valence electrons. The average molecular weight is 235 g/mol. The van der Waals surface area contributed by atoms with Crippen LogP contribution in [-0.2, 0) is 9.84 Å². The van der Waals surface area contributed by atoms with Gasteiger partial charge < -0.3 is 4.74 Å². The molecule has 0 aliphatic rings. The third-order valence-corrected chi connectivity index (χ3v) is 3.99. The lowest BCUT2D eigenvalue weighted by Gasteiger charge is -2.06. The Morgan fingerprint density at radius 2 is 2.07 bits per heavy atom. The van der Waals surface area contributed by atoms with Crippen LogP contribution in [0.1, 0.15) is 5.56 Å². The minimum atomic E-state index is -3.34. The smallest absolute Gasteiger partial charge is 0.192 e. The van der Waals surface area contributed by atoms with Gasteiger partial charge in [-0.1, -0.05) is 0 Å². The normalized spacial score (nSPS) is 11.4. The van der Waals surface area contributed by atoms with Crippen molar-refractivity contribution in [2.45, 2.75) is 11.8 Å². The zero-order valence-electron chi connectivity index (χ0n) is 7.95. The number of rotatable bonds is 3. The Morgan fingerprint density at radius 3 is 2.50 bits per heavy atom. The van der Waals surface area contributed by atoms with Crippen LogP contribution in [0.25, 0.3) is 0 Å². The molecule has 5 heteroatoms. The van der Waals surface area contributed by atoms with Gasteiger partial charge in [0, 0.05) is 0 Å². The first-order valence-corrected chi connectivity index (χ1v) is 6.13. The first kappa shape index (κ1) is 11.3. The Bertz CT molecular complexity index is 426. The fourth-order valence-electron chi connectivity index (χ4n) is 1.11. The van der Waals surface area contributed by atoms with Gasteiger partial charge in [0.25, 0.3) is 0 Å². The van der Waals surface area contributed by atoms with Crippen LogP contribution in [0.15, 0.2) is 23.1 Å². The van der Waals surface area contributed by atoms with E-state index in [-0.39, 0.29) is 4.90 Å². The molecular weight excluding hydrogens is 224 g/mol. The summed E-state index contributed by atoms with van der Waals surface area (Å²) in [6, 6.07) is 4.66. The summed E-state index contributed by atoms with van der Waals surface area (Å²) in [5.41, 5.74) is 0.777. The highest BCUT2D eigenvalue weighted by atomic mass is 35.5. The molecule has 0 aromatic heterocycles. The first-order chi connectivity index (χ1) is 6.51. The van der Waals surface area contributed by atoms with Gasteiger partial charge in [0.05, 0.1) is 12.0 Å².